The van der Waals surface area contributed by atoms with E-state index in [0.29, 0.717) is 27.0 Å². The van der Waals surface area contributed by atoms with Crippen LogP contribution in [-0.2, 0) is 0 Å². The summed E-state index contributed by atoms with van der Waals surface area (Å²) < 4.78 is 16.0. The Morgan fingerprint density at radius 2 is 1.45 bits per heavy atom. The molecule has 0 aliphatic carbocycles. The molecule has 0 fully saturated rings. The normalized spacial score (nSPS) is 10.7. The molecule has 42 heavy (non-hydrogen) atoms. The number of carbonyl (C=O) groups is 3. The number of hydrazone groups is 1. The van der Waals surface area contributed by atoms with Gasteiger partial charge in [0.2, 0.25) is 0 Å². The number of hydrogen-bond acceptors (Lipinski definition) is 7. The predicted octanol–water partition coefficient (Wildman–Crippen LogP) is 6.90. The number of benzene rings is 4. The smallest absolute Gasteiger partial charge is 0.345 e. The van der Waals surface area contributed by atoms with Gasteiger partial charge in [-0.2, -0.15) is 5.10 Å². The Bertz CT molecular complexity index is 1690. The molecule has 12 heteroatoms. The van der Waals surface area contributed by atoms with Crippen molar-refractivity contribution in [2.45, 2.75) is 0 Å². The molecule has 0 radical (unpaired) electrons. The number of rotatable bonds is 9. The van der Waals surface area contributed by atoms with E-state index < -0.39 is 17.8 Å². The van der Waals surface area contributed by atoms with Crippen molar-refractivity contribution in [2.75, 3.05) is 19.5 Å². The lowest BCUT2D eigenvalue weighted by atomic mass is 10.1. The quantitative estimate of drug-likeness (QED) is 0.0904. The molecular weight excluding hydrogens is 605 g/mol. The summed E-state index contributed by atoms with van der Waals surface area (Å²) in [4.78, 5) is 38.0. The molecule has 0 spiro atoms. The standard InChI is InChI=1S/C30H22Cl3N3O6/c1-40-25-11-8-19(31)14-23(25)29(38)35-21-5-3-4-18(13-21)28(37)36-34-16-17-6-10-26(27(12-17)41-2)42-30(39)22-9-7-20(32)15-24(22)33/h3-16H,1-2H3,(H,35,38)(H,36,37). The molecule has 0 saturated heterocycles. The third-order valence-corrected chi connectivity index (χ3v) is 6.49. The van der Waals surface area contributed by atoms with Crippen LogP contribution in [0.4, 0.5) is 5.69 Å². The van der Waals surface area contributed by atoms with E-state index in [1.165, 1.54) is 56.8 Å². The van der Waals surface area contributed by atoms with Gasteiger partial charge in [0.05, 0.1) is 36.6 Å². The Kier molecular flexibility index (Phi) is 10.0. The summed E-state index contributed by atoms with van der Waals surface area (Å²) in [5, 5.41) is 7.63. The second-order valence-electron chi connectivity index (χ2n) is 8.50. The minimum Gasteiger partial charge on any atom is -0.496 e. The maximum Gasteiger partial charge on any atom is 0.345 e. The molecule has 0 unspecified atom stereocenters. The van der Waals surface area contributed by atoms with Crippen LogP contribution >= 0.6 is 34.8 Å². The molecule has 214 valence electrons. The second kappa shape index (κ2) is 13.9. The van der Waals surface area contributed by atoms with Gasteiger partial charge in [0.1, 0.15) is 5.75 Å². The summed E-state index contributed by atoms with van der Waals surface area (Å²) in [5.74, 6) is -0.889. The average molecular weight is 627 g/mol. The summed E-state index contributed by atoms with van der Waals surface area (Å²) in [6.45, 7) is 0. The van der Waals surface area contributed by atoms with E-state index >= 15 is 0 Å². The summed E-state index contributed by atoms with van der Waals surface area (Å²) in [6.07, 6.45) is 1.39. The number of anilines is 1. The van der Waals surface area contributed by atoms with Crippen LogP contribution in [-0.4, -0.2) is 38.2 Å². The molecule has 0 bridgehead atoms. The Morgan fingerprint density at radius 1 is 0.738 bits per heavy atom. The van der Waals surface area contributed by atoms with Gasteiger partial charge in [-0.3, -0.25) is 9.59 Å². The molecule has 4 aromatic rings. The van der Waals surface area contributed by atoms with E-state index in [1.54, 1.807) is 42.5 Å². The highest BCUT2D eigenvalue weighted by atomic mass is 35.5. The summed E-state index contributed by atoms with van der Waals surface area (Å²) >= 11 is 18.0. The topological polar surface area (TPSA) is 115 Å². The van der Waals surface area contributed by atoms with Crippen molar-refractivity contribution in [3.8, 4) is 17.2 Å². The maximum atomic E-state index is 12.8. The molecular formula is C30H22Cl3N3O6. The number of hydrogen-bond donors (Lipinski definition) is 2. The molecule has 9 nitrogen and oxygen atoms in total. The lowest BCUT2D eigenvalue weighted by Crippen LogP contribution is -2.18. The number of esters is 1. The minimum atomic E-state index is -0.686. The van der Waals surface area contributed by atoms with E-state index in [2.05, 4.69) is 15.8 Å². The fourth-order valence-electron chi connectivity index (χ4n) is 3.68. The molecule has 0 aromatic heterocycles. The molecule has 2 amide bonds. The Morgan fingerprint density at radius 3 is 2.19 bits per heavy atom. The number of nitrogens with zero attached hydrogens (tertiary/aromatic N) is 1. The van der Waals surface area contributed by atoms with Gasteiger partial charge in [0, 0.05) is 21.3 Å². The summed E-state index contributed by atoms with van der Waals surface area (Å²) in [6, 6.07) is 20.1. The lowest BCUT2D eigenvalue weighted by Gasteiger charge is -2.11. The number of nitrogens with one attached hydrogen (secondary N) is 2. The highest BCUT2D eigenvalue weighted by molar-refractivity contribution is 6.36. The molecule has 2 N–H and O–H groups in total. The van der Waals surface area contributed by atoms with E-state index in [-0.39, 0.29) is 33.2 Å². The number of amides is 2. The highest BCUT2D eigenvalue weighted by Crippen LogP contribution is 2.30. The van der Waals surface area contributed by atoms with Crippen LogP contribution in [0.25, 0.3) is 0 Å². The second-order valence-corrected chi connectivity index (χ2v) is 9.78. The Labute approximate surface area is 255 Å². The zero-order valence-electron chi connectivity index (χ0n) is 22.1. The molecule has 0 saturated carbocycles. The first-order valence-corrected chi connectivity index (χ1v) is 13.3. The first-order chi connectivity index (χ1) is 20.2. The summed E-state index contributed by atoms with van der Waals surface area (Å²) in [5.41, 5.74) is 4.00. The largest absolute Gasteiger partial charge is 0.496 e. The molecule has 0 heterocycles. The monoisotopic (exact) mass is 625 g/mol. The van der Waals surface area contributed by atoms with Gasteiger partial charge in [0.15, 0.2) is 11.5 Å². The Hall–Kier alpha value is -4.57. The fourth-order valence-corrected chi connectivity index (χ4v) is 4.34. The zero-order valence-corrected chi connectivity index (χ0v) is 24.4. The van der Waals surface area contributed by atoms with E-state index in [9.17, 15) is 14.4 Å². The first-order valence-electron chi connectivity index (χ1n) is 12.1. The third-order valence-electron chi connectivity index (χ3n) is 5.71. The van der Waals surface area contributed by atoms with Crippen LogP contribution < -0.4 is 25.0 Å². The van der Waals surface area contributed by atoms with Crippen LogP contribution in [0, 0.1) is 0 Å². The molecule has 0 aliphatic rings. The number of ether oxygens (including phenoxy) is 3. The van der Waals surface area contributed by atoms with Crippen molar-refractivity contribution in [2.24, 2.45) is 5.10 Å². The highest BCUT2D eigenvalue weighted by Gasteiger charge is 2.17. The molecule has 4 rings (SSSR count). The summed E-state index contributed by atoms with van der Waals surface area (Å²) in [7, 11) is 2.86. The Balaban J connectivity index is 1.40. The SMILES string of the molecule is COc1cc(C=NNC(=O)c2cccc(NC(=O)c3cc(Cl)ccc3OC)c2)ccc1OC(=O)c1ccc(Cl)cc1Cl. The number of methoxy groups -OCH3 is 2. The van der Waals surface area contributed by atoms with Gasteiger partial charge in [-0.1, -0.05) is 40.9 Å². The van der Waals surface area contributed by atoms with Crippen LogP contribution in [0.2, 0.25) is 15.1 Å². The molecule has 0 atom stereocenters. The fraction of sp³-hybridized carbons (Fsp3) is 0.0667. The zero-order chi connectivity index (χ0) is 30.2. The number of carbonyl (C=O) groups excluding carboxylic acids is 3. The van der Waals surface area contributed by atoms with Gasteiger partial charge in [0.25, 0.3) is 11.8 Å². The van der Waals surface area contributed by atoms with Crippen molar-refractivity contribution in [1.82, 2.24) is 5.43 Å². The van der Waals surface area contributed by atoms with Crippen molar-refractivity contribution < 1.29 is 28.6 Å². The molecule has 4 aromatic carbocycles. The van der Waals surface area contributed by atoms with Crippen molar-refractivity contribution >= 4 is 64.5 Å². The van der Waals surface area contributed by atoms with Gasteiger partial charge >= 0.3 is 5.97 Å². The number of halogens is 3. The van der Waals surface area contributed by atoms with Crippen LogP contribution in [0.5, 0.6) is 17.2 Å². The van der Waals surface area contributed by atoms with E-state index in [0.717, 1.165) is 0 Å². The molecule has 0 aliphatic heterocycles. The van der Waals surface area contributed by atoms with Crippen LogP contribution in [0.1, 0.15) is 36.6 Å². The average Bonchev–Trinajstić information content (AvgIpc) is 2.97. The predicted molar refractivity (Wildman–Crippen MR) is 162 cm³/mol. The van der Waals surface area contributed by atoms with Crippen molar-refractivity contribution in [3.63, 3.8) is 0 Å². The third kappa shape index (κ3) is 7.58. The lowest BCUT2D eigenvalue weighted by molar-refractivity contribution is 0.0729. The van der Waals surface area contributed by atoms with Crippen molar-refractivity contribution in [3.05, 3.63) is 116 Å². The maximum absolute atomic E-state index is 12.8. The van der Waals surface area contributed by atoms with E-state index in [1.807, 2.05) is 0 Å². The van der Waals surface area contributed by atoms with Gasteiger partial charge in [-0.15, -0.1) is 0 Å². The van der Waals surface area contributed by atoms with Crippen LogP contribution in [0.3, 0.4) is 0 Å². The van der Waals surface area contributed by atoms with Gasteiger partial charge in [-0.05, 0) is 78.4 Å². The van der Waals surface area contributed by atoms with Crippen LogP contribution in [0.15, 0.2) is 84.0 Å². The van der Waals surface area contributed by atoms with Gasteiger partial charge in [-0.25, -0.2) is 10.2 Å². The first kappa shape index (κ1) is 30.4. The van der Waals surface area contributed by atoms with Crippen molar-refractivity contribution in [1.29, 1.82) is 0 Å². The van der Waals surface area contributed by atoms with Gasteiger partial charge < -0.3 is 19.5 Å². The minimum absolute atomic E-state index is 0.143. The van der Waals surface area contributed by atoms with E-state index in [4.69, 9.17) is 49.0 Å².